The van der Waals surface area contributed by atoms with Crippen LogP contribution in [-0.2, 0) is 9.84 Å². The SMILES string of the molecule is CCCCCC(N)(CCCCC)OC(C)[O]. The predicted octanol–water partition coefficient (Wildman–Crippen LogP) is 3.60. The van der Waals surface area contributed by atoms with E-state index in [4.69, 9.17) is 10.5 Å². The highest BCUT2D eigenvalue weighted by Gasteiger charge is 2.26. The molecule has 0 saturated carbocycles. The number of hydrogen-bond donors (Lipinski definition) is 1. The zero-order valence-corrected chi connectivity index (χ0v) is 11.1. The van der Waals surface area contributed by atoms with E-state index < -0.39 is 12.0 Å². The molecule has 2 N–H and O–H groups in total. The summed E-state index contributed by atoms with van der Waals surface area (Å²) in [5.41, 5.74) is 5.47. The van der Waals surface area contributed by atoms with Gasteiger partial charge in [0, 0.05) is 0 Å². The van der Waals surface area contributed by atoms with Crippen LogP contribution < -0.4 is 5.73 Å². The van der Waals surface area contributed by atoms with Gasteiger partial charge in [-0.05, 0) is 32.6 Å². The third-order valence-corrected chi connectivity index (χ3v) is 2.81. The summed E-state index contributed by atoms with van der Waals surface area (Å²) in [6.07, 6.45) is 7.32. The summed E-state index contributed by atoms with van der Waals surface area (Å²) >= 11 is 0. The van der Waals surface area contributed by atoms with E-state index in [1.165, 1.54) is 6.92 Å². The maximum Gasteiger partial charge on any atom is 0.190 e. The van der Waals surface area contributed by atoms with Crippen LogP contribution in [0.3, 0.4) is 0 Å². The van der Waals surface area contributed by atoms with Crippen molar-refractivity contribution in [3.63, 3.8) is 0 Å². The first-order valence-electron chi connectivity index (χ1n) is 6.66. The van der Waals surface area contributed by atoms with Gasteiger partial charge in [0.2, 0.25) is 0 Å². The van der Waals surface area contributed by atoms with Crippen LogP contribution in [0.2, 0.25) is 0 Å². The minimum Gasteiger partial charge on any atom is -0.329 e. The maximum atomic E-state index is 11.1. The number of ether oxygens (including phenoxy) is 1. The van der Waals surface area contributed by atoms with Crippen LogP contribution in [0, 0.1) is 0 Å². The molecule has 3 nitrogen and oxygen atoms in total. The topological polar surface area (TPSA) is 55.1 Å². The molecule has 97 valence electrons. The third-order valence-electron chi connectivity index (χ3n) is 2.81. The largest absolute Gasteiger partial charge is 0.329 e. The minimum absolute atomic E-state index is 0.689. The van der Waals surface area contributed by atoms with Gasteiger partial charge in [-0.15, -0.1) is 0 Å². The Morgan fingerprint density at radius 2 is 1.50 bits per heavy atom. The molecule has 0 saturated heterocycles. The Morgan fingerprint density at radius 3 is 1.81 bits per heavy atom. The number of unbranched alkanes of at least 4 members (excludes halogenated alkanes) is 4. The molecule has 1 radical (unpaired) electrons. The van der Waals surface area contributed by atoms with Gasteiger partial charge in [0.05, 0.1) is 0 Å². The maximum absolute atomic E-state index is 11.1. The average molecular weight is 230 g/mol. The molecule has 0 aliphatic carbocycles. The first kappa shape index (κ1) is 15.9. The normalized spacial score (nSPS) is 14.1. The Kier molecular flexibility index (Phi) is 8.90. The van der Waals surface area contributed by atoms with E-state index >= 15 is 0 Å². The fraction of sp³-hybridized carbons (Fsp3) is 1.00. The monoisotopic (exact) mass is 230 g/mol. The fourth-order valence-corrected chi connectivity index (χ4v) is 1.92. The Bertz CT molecular complexity index is 150. The Labute approximate surface area is 100 Å². The molecule has 0 aromatic carbocycles. The molecule has 0 rings (SSSR count). The number of rotatable bonds is 10. The van der Waals surface area contributed by atoms with Gasteiger partial charge in [-0.3, -0.25) is 0 Å². The molecule has 1 atom stereocenters. The van der Waals surface area contributed by atoms with Crippen molar-refractivity contribution in [3.8, 4) is 0 Å². The zero-order valence-electron chi connectivity index (χ0n) is 11.1. The Hall–Kier alpha value is -0.120. The summed E-state index contributed by atoms with van der Waals surface area (Å²) in [5, 5.41) is 11.1. The van der Waals surface area contributed by atoms with Crippen LogP contribution in [-0.4, -0.2) is 12.0 Å². The predicted molar refractivity (Wildman–Crippen MR) is 66.4 cm³/mol. The molecule has 0 heterocycles. The van der Waals surface area contributed by atoms with Gasteiger partial charge in [0.25, 0.3) is 0 Å². The molecule has 0 aromatic heterocycles. The molecule has 0 aromatic rings. The van der Waals surface area contributed by atoms with Crippen molar-refractivity contribution in [1.82, 2.24) is 0 Å². The highest BCUT2D eigenvalue weighted by Crippen LogP contribution is 2.22. The van der Waals surface area contributed by atoms with Gasteiger partial charge in [-0.2, -0.15) is 0 Å². The van der Waals surface area contributed by atoms with Crippen molar-refractivity contribution >= 4 is 0 Å². The van der Waals surface area contributed by atoms with Gasteiger partial charge in [0.15, 0.2) is 6.29 Å². The van der Waals surface area contributed by atoms with Gasteiger partial charge in [-0.1, -0.05) is 39.5 Å². The highest BCUT2D eigenvalue weighted by molar-refractivity contribution is 4.73. The van der Waals surface area contributed by atoms with Gasteiger partial charge in [-0.25, -0.2) is 5.11 Å². The lowest BCUT2D eigenvalue weighted by molar-refractivity contribution is -0.207. The van der Waals surface area contributed by atoms with E-state index in [-0.39, 0.29) is 0 Å². The number of hydrogen-bond acceptors (Lipinski definition) is 2. The lowest BCUT2D eigenvalue weighted by Gasteiger charge is -2.30. The summed E-state index contributed by atoms with van der Waals surface area (Å²) < 4.78 is 5.35. The molecular weight excluding hydrogens is 202 g/mol. The minimum atomic E-state index is -1.02. The Morgan fingerprint density at radius 1 is 1.06 bits per heavy atom. The molecule has 0 amide bonds. The van der Waals surface area contributed by atoms with E-state index in [9.17, 15) is 5.11 Å². The second kappa shape index (κ2) is 8.97. The lowest BCUT2D eigenvalue weighted by Crippen LogP contribution is -2.44. The van der Waals surface area contributed by atoms with Crippen molar-refractivity contribution in [1.29, 1.82) is 0 Å². The van der Waals surface area contributed by atoms with Gasteiger partial charge in [0.1, 0.15) is 5.72 Å². The summed E-state index contributed by atoms with van der Waals surface area (Å²) in [6, 6.07) is 0. The zero-order chi connectivity index (χ0) is 12.4. The van der Waals surface area contributed by atoms with Crippen LogP contribution >= 0.6 is 0 Å². The van der Waals surface area contributed by atoms with E-state index in [1.807, 2.05) is 0 Å². The molecule has 16 heavy (non-hydrogen) atoms. The summed E-state index contributed by atoms with van der Waals surface area (Å²) in [7, 11) is 0. The van der Waals surface area contributed by atoms with E-state index in [2.05, 4.69) is 13.8 Å². The van der Waals surface area contributed by atoms with Crippen LogP contribution in [0.4, 0.5) is 0 Å². The highest BCUT2D eigenvalue weighted by atomic mass is 16.6. The van der Waals surface area contributed by atoms with Crippen LogP contribution in [0.5, 0.6) is 0 Å². The molecule has 0 fully saturated rings. The van der Waals surface area contributed by atoms with Crippen LogP contribution in [0.25, 0.3) is 0 Å². The van der Waals surface area contributed by atoms with E-state index in [0.717, 1.165) is 51.4 Å². The quantitative estimate of drug-likeness (QED) is 0.460. The van der Waals surface area contributed by atoms with E-state index in [1.54, 1.807) is 0 Å². The summed E-state index contributed by atoms with van der Waals surface area (Å²) in [6.45, 7) is 5.83. The molecule has 1 unspecified atom stereocenters. The Balaban J connectivity index is 4.02. The first-order valence-corrected chi connectivity index (χ1v) is 6.66. The van der Waals surface area contributed by atoms with Crippen molar-refractivity contribution in [2.75, 3.05) is 0 Å². The molecule has 0 aliphatic rings. The molecule has 3 heteroatoms. The molecular formula is C13H28NO2. The van der Waals surface area contributed by atoms with Crippen LogP contribution in [0.1, 0.15) is 72.1 Å². The van der Waals surface area contributed by atoms with Crippen molar-refractivity contribution in [3.05, 3.63) is 0 Å². The standard InChI is InChI=1S/C13H28NO2/c1-4-6-8-10-13(14,16-12(3)15)11-9-7-5-2/h12H,4-11,14H2,1-3H3. The van der Waals surface area contributed by atoms with Gasteiger partial charge >= 0.3 is 0 Å². The van der Waals surface area contributed by atoms with Crippen LogP contribution in [0.15, 0.2) is 0 Å². The number of nitrogens with two attached hydrogens (primary N) is 1. The second-order valence-electron chi connectivity index (χ2n) is 4.66. The van der Waals surface area contributed by atoms with Crippen molar-refractivity contribution < 1.29 is 9.84 Å². The second-order valence-corrected chi connectivity index (χ2v) is 4.66. The van der Waals surface area contributed by atoms with Crippen molar-refractivity contribution in [2.24, 2.45) is 5.73 Å². The summed E-state index contributed by atoms with van der Waals surface area (Å²) in [5.74, 6) is 0. The fourth-order valence-electron chi connectivity index (χ4n) is 1.92. The van der Waals surface area contributed by atoms with E-state index in [0.29, 0.717) is 0 Å². The summed E-state index contributed by atoms with van der Waals surface area (Å²) in [4.78, 5) is 0. The third kappa shape index (κ3) is 8.08. The van der Waals surface area contributed by atoms with Gasteiger partial charge < -0.3 is 10.5 Å². The van der Waals surface area contributed by atoms with Crippen molar-refractivity contribution in [2.45, 2.75) is 84.2 Å². The molecule has 0 aliphatic heterocycles. The molecule has 0 spiro atoms. The lowest BCUT2D eigenvalue weighted by atomic mass is 9.98. The molecule has 0 bridgehead atoms. The smallest absolute Gasteiger partial charge is 0.190 e. The average Bonchev–Trinajstić information content (AvgIpc) is 2.17. The first-order chi connectivity index (χ1) is 7.54.